The largest absolute Gasteiger partial charge is 0.343 e. The van der Waals surface area contributed by atoms with Gasteiger partial charge in [0.2, 0.25) is 5.91 Å². The molecule has 0 saturated carbocycles. The number of nitrogens with zero attached hydrogens (tertiary/aromatic N) is 4. The Labute approximate surface area is 122 Å². The van der Waals surface area contributed by atoms with Gasteiger partial charge in [0.25, 0.3) is 0 Å². The SMILES string of the molecule is CC(=O)N1CCC(c2cc3ncc(Cl)nc3n2C)CC1. The molecule has 5 nitrogen and oxygen atoms in total. The minimum Gasteiger partial charge on any atom is -0.343 e. The van der Waals surface area contributed by atoms with Crippen LogP contribution in [-0.2, 0) is 11.8 Å². The van der Waals surface area contributed by atoms with Gasteiger partial charge in [-0.05, 0) is 18.9 Å². The summed E-state index contributed by atoms with van der Waals surface area (Å²) in [4.78, 5) is 21.9. The number of halogens is 1. The lowest BCUT2D eigenvalue weighted by Crippen LogP contribution is -2.36. The topological polar surface area (TPSA) is 51.0 Å². The maximum absolute atomic E-state index is 11.4. The standard InChI is InChI=1S/C14H17ClN4O/c1-9(20)19-5-3-10(4-6-19)12-7-11-14(18(12)2)17-13(15)8-16-11/h7-8,10H,3-6H2,1-2H3. The van der Waals surface area contributed by atoms with Crippen LogP contribution in [0.1, 0.15) is 31.4 Å². The molecule has 3 heterocycles. The number of carbonyl (C=O) groups is 1. The Balaban J connectivity index is 1.88. The van der Waals surface area contributed by atoms with Gasteiger partial charge in [-0.3, -0.25) is 4.79 Å². The van der Waals surface area contributed by atoms with Crippen LogP contribution in [0.2, 0.25) is 5.15 Å². The number of amides is 1. The van der Waals surface area contributed by atoms with Crippen LogP contribution in [0.15, 0.2) is 12.3 Å². The zero-order valence-electron chi connectivity index (χ0n) is 11.6. The Morgan fingerprint density at radius 1 is 1.40 bits per heavy atom. The van der Waals surface area contributed by atoms with Crippen LogP contribution in [-0.4, -0.2) is 38.4 Å². The van der Waals surface area contributed by atoms with E-state index in [0.29, 0.717) is 11.1 Å². The molecule has 0 aromatic carbocycles. The first-order valence-corrected chi connectivity index (χ1v) is 7.17. The summed E-state index contributed by atoms with van der Waals surface area (Å²) in [6, 6.07) is 2.09. The molecular weight excluding hydrogens is 276 g/mol. The van der Waals surface area contributed by atoms with E-state index in [1.807, 2.05) is 11.9 Å². The maximum Gasteiger partial charge on any atom is 0.219 e. The molecule has 3 rings (SSSR count). The molecule has 2 aromatic heterocycles. The number of carbonyl (C=O) groups excluding carboxylic acids is 1. The number of aryl methyl sites for hydroxylation is 1. The molecule has 1 fully saturated rings. The second-order valence-electron chi connectivity index (χ2n) is 5.31. The highest BCUT2D eigenvalue weighted by molar-refractivity contribution is 6.29. The van der Waals surface area contributed by atoms with Crippen LogP contribution < -0.4 is 0 Å². The summed E-state index contributed by atoms with van der Waals surface area (Å²) < 4.78 is 2.07. The molecule has 6 heteroatoms. The van der Waals surface area contributed by atoms with Gasteiger partial charge >= 0.3 is 0 Å². The van der Waals surface area contributed by atoms with Gasteiger partial charge in [0, 0.05) is 38.7 Å². The molecule has 0 N–H and O–H groups in total. The van der Waals surface area contributed by atoms with Crippen molar-refractivity contribution in [1.29, 1.82) is 0 Å². The Kier molecular flexibility index (Phi) is 3.38. The summed E-state index contributed by atoms with van der Waals surface area (Å²) in [6.45, 7) is 3.28. The van der Waals surface area contributed by atoms with E-state index in [9.17, 15) is 4.79 Å². The van der Waals surface area contributed by atoms with Crippen molar-refractivity contribution < 1.29 is 4.79 Å². The second kappa shape index (κ2) is 5.05. The molecule has 1 saturated heterocycles. The van der Waals surface area contributed by atoms with Gasteiger partial charge in [-0.25, -0.2) is 9.97 Å². The lowest BCUT2D eigenvalue weighted by Gasteiger charge is -2.31. The van der Waals surface area contributed by atoms with Crippen molar-refractivity contribution in [3.8, 4) is 0 Å². The molecule has 0 bridgehead atoms. The molecule has 20 heavy (non-hydrogen) atoms. The highest BCUT2D eigenvalue weighted by atomic mass is 35.5. The fraction of sp³-hybridized carbons (Fsp3) is 0.500. The first-order chi connectivity index (χ1) is 9.56. The number of rotatable bonds is 1. The quantitative estimate of drug-likeness (QED) is 0.811. The van der Waals surface area contributed by atoms with Gasteiger partial charge in [-0.1, -0.05) is 11.6 Å². The lowest BCUT2D eigenvalue weighted by molar-refractivity contribution is -0.129. The smallest absolute Gasteiger partial charge is 0.219 e. The van der Waals surface area contributed by atoms with Crippen LogP contribution in [0.3, 0.4) is 0 Å². The Morgan fingerprint density at radius 2 is 2.10 bits per heavy atom. The van der Waals surface area contributed by atoms with Gasteiger partial charge in [0.15, 0.2) is 5.65 Å². The number of aromatic nitrogens is 3. The van der Waals surface area contributed by atoms with Gasteiger partial charge in [-0.2, -0.15) is 0 Å². The number of piperidine rings is 1. The van der Waals surface area contributed by atoms with Crippen molar-refractivity contribution in [2.45, 2.75) is 25.7 Å². The van der Waals surface area contributed by atoms with Crippen molar-refractivity contribution in [3.63, 3.8) is 0 Å². The average Bonchev–Trinajstić information content (AvgIpc) is 2.76. The molecule has 0 unspecified atom stereocenters. The zero-order valence-corrected chi connectivity index (χ0v) is 12.4. The van der Waals surface area contributed by atoms with E-state index >= 15 is 0 Å². The number of hydrogen-bond acceptors (Lipinski definition) is 3. The van der Waals surface area contributed by atoms with Gasteiger partial charge in [0.05, 0.1) is 6.20 Å². The first kappa shape index (κ1) is 13.4. The minimum atomic E-state index is 0.163. The molecule has 0 radical (unpaired) electrons. The van der Waals surface area contributed by atoms with Crippen molar-refractivity contribution >= 4 is 28.7 Å². The third-order valence-electron chi connectivity index (χ3n) is 4.10. The fourth-order valence-corrected chi connectivity index (χ4v) is 3.09. The van der Waals surface area contributed by atoms with Crippen molar-refractivity contribution in [1.82, 2.24) is 19.4 Å². The van der Waals surface area contributed by atoms with Crippen molar-refractivity contribution in [2.24, 2.45) is 7.05 Å². The minimum absolute atomic E-state index is 0.163. The maximum atomic E-state index is 11.4. The summed E-state index contributed by atoms with van der Waals surface area (Å²) in [5, 5.41) is 0.414. The van der Waals surface area contributed by atoms with Gasteiger partial charge in [-0.15, -0.1) is 0 Å². The normalized spacial score (nSPS) is 16.9. The summed E-state index contributed by atoms with van der Waals surface area (Å²) in [7, 11) is 2.00. The van der Waals surface area contributed by atoms with E-state index in [-0.39, 0.29) is 5.91 Å². The highest BCUT2D eigenvalue weighted by Crippen LogP contribution is 2.31. The van der Waals surface area contributed by atoms with E-state index in [1.165, 1.54) is 5.69 Å². The predicted octanol–water partition coefficient (Wildman–Crippen LogP) is 2.35. The van der Waals surface area contributed by atoms with E-state index in [1.54, 1.807) is 13.1 Å². The van der Waals surface area contributed by atoms with Crippen LogP contribution >= 0.6 is 11.6 Å². The van der Waals surface area contributed by atoms with Crippen LogP contribution in [0.4, 0.5) is 0 Å². The van der Waals surface area contributed by atoms with Gasteiger partial charge < -0.3 is 9.47 Å². The van der Waals surface area contributed by atoms with Crippen LogP contribution in [0.25, 0.3) is 11.2 Å². The van der Waals surface area contributed by atoms with E-state index in [4.69, 9.17) is 11.6 Å². The second-order valence-corrected chi connectivity index (χ2v) is 5.70. The third kappa shape index (κ3) is 2.26. The van der Waals surface area contributed by atoms with E-state index < -0.39 is 0 Å². The van der Waals surface area contributed by atoms with Crippen LogP contribution in [0.5, 0.6) is 0 Å². The lowest BCUT2D eigenvalue weighted by atomic mass is 9.93. The van der Waals surface area contributed by atoms with E-state index in [0.717, 1.165) is 37.1 Å². The Morgan fingerprint density at radius 3 is 2.75 bits per heavy atom. The molecule has 0 atom stereocenters. The highest BCUT2D eigenvalue weighted by Gasteiger charge is 2.24. The third-order valence-corrected chi connectivity index (χ3v) is 4.28. The molecule has 1 aliphatic heterocycles. The molecule has 1 aliphatic rings. The number of hydrogen-bond donors (Lipinski definition) is 0. The van der Waals surface area contributed by atoms with Gasteiger partial charge in [0.1, 0.15) is 10.7 Å². The Hall–Kier alpha value is -1.62. The van der Waals surface area contributed by atoms with Crippen molar-refractivity contribution in [2.75, 3.05) is 13.1 Å². The van der Waals surface area contributed by atoms with Crippen molar-refractivity contribution in [3.05, 3.63) is 23.1 Å². The molecular formula is C14H17ClN4O. The summed E-state index contributed by atoms with van der Waals surface area (Å²) >= 11 is 5.91. The van der Waals surface area contributed by atoms with E-state index in [2.05, 4.69) is 20.6 Å². The summed E-state index contributed by atoms with van der Waals surface area (Å²) in [6.07, 6.45) is 3.54. The molecule has 106 valence electrons. The average molecular weight is 293 g/mol. The molecule has 1 amide bonds. The summed E-state index contributed by atoms with van der Waals surface area (Å²) in [5.41, 5.74) is 2.92. The Bertz CT molecular complexity index is 658. The molecule has 2 aromatic rings. The first-order valence-electron chi connectivity index (χ1n) is 6.79. The predicted molar refractivity (Wildman–Crippen MR) is 77.7 cm³/mol. The summed E-state index contributed by atoms with van der Waals surface area (Å²) in [5.74, 6) is 0.612. The zero-order chi connectivity index (χ0) is 14.3. The molecule has 0 aliphatic carbocycles. The monoisotopic (exact) mass is 292 g/mol. The fourth-order valence-electron chi connectivity index (χ4n) is 2.96. The molecule has 0 spiro atoms. The number of fused-ring (bicyclic) bond motifs is 1. The number of likely N-dealkylation sites (tertiary alicyclic amines) is 1. The van der Waals surface area contributed by atoms with Crippen LogP contribution in [0, 0.1) is 0 Å².